The predicted octanol–water partition coefficient (Wildman–Crippen LogP) is 11.7. The molecule has 2 heterocycles. The second-order valence-electron chi connectivity index (χ2n) is 14.9. The molecule has 242 valence electrons. The number of rotatable bonds is 6. The Labute approximate surface area is 284 Å². The van der Waals surface area contributed by atoms with Crippen molar-refractivity contribution in [2.75, 3.05) is 0 Å². The third kappa shape index (κ3) is 6.78. The molecule has 2 nitrogen and oxygen atoms in total. The van der Waals surface area contributed by atoms with Crippen molar-refractivity contribution in [3.63, 3.8) is 0 Å². The highest BCUT2D eigenvalue weighted by Gasteiger charge is 2.29. The van der Waals surface area contributed by atoms with Crippen LogP contribution >= 0.6 is 0 Å². The van der Waals surface area contributed by atoms with Crippen molar-refractivity contribution in [3.8, 4) is 22.4 Å². The first-order chi connectivity index (χ1) is 22.7. The van der Waals surface area contributed by atoms with Crippen LogP contribution < -0.4 is 0 Å². The van der Waals surface area contributed by atoms with E-state index in [-0.39, 0.29) is 10.8 Å². The van der Waals surface area contributed by atoms with Crippen LogP contribution in [0, 0.1) is 13.8 Å². The minimum absolute atomic E-state index is 0.00668. The van der Waals surface area contributed by atoms with Crippen molar-refractivity contribution in [2.24, 2.45) is 4.99 Å². The maximum atomic E-state index is 15.3. The van der Waals surface area contributed by atoms with Gasteiger partial charge in [0.2, 0.25) is 0 Å². The molecule has 1 aromatic heterocycles. The molecule has 4 aromatic carbocycles. The number of benzene rings is 4. The summed E-state index contributed by atoms with van der Waals surface area (Å²) in [6.45, 7) is 17.2. The summed E-state index contributed by atoms with van der Waals surface area (Å²) in [5, 5.41) is 0. The molecule has 0 bridgehead atoms. The molecule has 0 atom stereocenters. The van der Waals surface area contributed by atoms with Crippen molar-refractivity contribution < 1.29 is 8.63 Å². The van der Waals surface area contributed by atoms with E-state index in [1.54, 1.807) is 0 Å². The molecule has 0 saturated heterocycles. The third-order valence-corrected chi connectivity index (χ3v) is 9.16. The van der Waals surface area contributed by atoms with Crippen LogP contribution in [0.3, 0.4) is 0 Å². The fourth-order valence-corrected chi connectivity index (χ4v) is 6.15. The highest BCUT2D eigenvalue weighted by Crippen LogP contribution is 2.40. The van der Waals surface area contributed by atoms with Gasteiger partial charge in [-0.15, -0.1) is 0 Å². The van der Waals surface area contributed by atoms with E-state index in [2.05, 4.69) is 115 Å². The van der Waals surface area contributed by atoms with Gasteiger partial charge in [-0.3, -0.25) is 8.63 Å². The molecule has 0 unspecified atom stereocenters. The minimum Gasteiger partial charge on any atom is -0.325 e. The van der Waals surface area contributed by atoms with Crippen molar-refractivity contribution in [1.82, 2.24) is 4.48 Å². The lowest BCUT2D eigenvalue weighted by molar-refractivity contribution is 0.590. The van der Waals surface area contributed by atoms with Gasteiger partial charge in [-0.25, -0.2) is 4.99 Å². The van der Waals surface area contributed by atoms with Gasteiger partial charge in [0.05, 0.1) is 11.4 Å². The Morgan fingerprint density at radius 1 is 0.604 bits per heavy atom. The summed E-state index contributed by atoms with van der Waals surface area (Å²) in [7, 11) is -2.77. The molecule has 0 radical (unpaired) electrons. The van der Waals surface area contributed by atoms with E-state index < -0.39 is 7.40 Å². The molecule has 6 rings (SSSR count). The van der Waals surface area contributed by atoms with Crippen LogP contribution in [-0.4, -0.2) is 17.6 Å². The molecular formula is C43H43BF2N2. The average Bonchev–Trinajstić information content (AvgIpc) is 3.63. The maximum Gasteiger partial charge on any atom is 0.678 e. The fraction of sp³-hybridized carbons (Fsp3) is 0.233. The zero-order chi connectivity index (χ0) is 34.4. The molecule has 48 heavy (non-hydrogen) atoms. The summed E-state index contributed by atoms with van der Waals surface area (Å²) >= 11 is 0. The van der Waals surface area contributed by atoms with Gasteiger partial charge in [-0.05, 0) is 70.7 Å². The largest absolute Gasteiger partial charge is 0.678 e. The zero-order valence-corrected chi connectivity index (χ0v) is 29.2. The van der Waals surface area contributed by atoms with E-state index in [9.17, 15) is 0 Å². The number of allylic oxidation sites excluding steroid dienone is 2. The number of aliphatic imine (C=N–C) groups is 1. The van der Waals surface area contributed by atoms with Crippen LogP contribution in [0.15, 0.2) is 120 Å². The van der Waals surface area contributed by atoms with E-state index in [0.717, 1.165) is 54.7 Å². The van der Waals surface area contributed by atoms with Crippen LogP contribution in [0.1, 0.15) is 80.6 Å². The lowest BCUT2D eigenvalue weighted by Gasteiger charge is -2.19. The Bertz CT molecular complexity index is 2030. The Hall–Kier alpha value is -4.77. The Balaban J connectivity index is 1.59. The quantitative estimate of drug-likeness (QED) is 0.165. The Kier molecular flexibility index (Phi) is 8.76. The first kappa shape index (κ1) is 33.1. The number of aromatic nitrogens is 1. The van der Waals surface area contributed by atoms with E-state index in [1.165, 1.54) is 11.1 Å². The van der Waals surface area contributed by atoms with Crippen LogP contribution in [-0.2, 0) is 10.8 Å². The van der Waals surface area contributed by atoms with Crippen LogP contribution in [0.5, 0.6) is 0 Å². The monoisotopic (exact) mass is 636 g/mol. The Morgan fingerprint density at radius 2 is 1.06 bits per heavy atom. The lowest BCUT2D eigenvalue weighted by Crippen LogP contribution is -2.16. The lowest BCUT2D eigenvalue weighted by atomic mass is 9.86. The third-order valence-electron chi connectivity index (χ3n) is 9.16. The number of nitrogens with zero attached hydrogens (tertiary/aromatic N) is 2. The van der Waals surface area contributed by atoms with Gasteiger partial charge in [0, 0.05) is 28.1 Å². The summed E-state index contributed by atoms with van der Waals surface area (Å²) in [4.78, 5) is 5.11. The Morgan fingerprint density at radius 3 is 1.54 bits per heavy atom. The van der Waals surface area contributed by atoms with Gasteiger partial charge in [-0.2, -0.15) is 0 Å². The summed E-state index contributed by atoms with van der Waals surface area (Å²) < 4.78 is 31.8. The van der Waals surface area contributed by atoms with Crippen molar-refractivity contribution >= 4 is 24.8 Å². The first-order valence-electron chi connectivity index (χ1n) is 16.6. The second kappa shape index (κ2) is 12.7. The molecule has 5 aromatic rings. The van der Waals surface area contributed by atoms with E-state index in [4.69, 9.17) is 4.99 Å². The van der Waals surface area contributed by atoms with Gasteiger partial charge in [0.1, 0.15) is 0 Å². The van der Waals surface area contributed by atoms with Crippen LogP contribution in [0.4, 0.5) is 8.63 Å². The molecule has 0 saturated carbocycles. The molecule has 0 N–H and O–H groups in total. The van der Waals surface area contributed by atoms with Crippen molar-refractivity contribution in [3.05, 3.63) is 154 Å². The molecule has 0 spiro atoms. The SMILES string of the molecule is Cc1ccc(C2=N/C(=C\c3c(-c4ccc(C(C)(C)C)cc4)cc(-c4ccc(C)cc4)n3B(F)F)C(c3ccc(C(C)(C)C)cc3)=C2)cc1. The second-order valence-corrected chi connectivity index (χ2v) is 14.9. The van der Waals surface area contributed by atoms with Crippen LogP contribution in [0.2, 0.25) is 0 Å². The summed E-state index contributed by atoms with van der Waals surface area (Å²) in [5.74, 6) is 0. The summed E-state index contributed by atoms with van der Waals surface area (Å²) in [6, 6.07) is 34.7. The molecular weight excluding hydrogens is 593 g/mol. The highest BCUT2D eigenvalue weighted by atomic mass is 19.2. The predicted molar refractivity (Wildman–Crippen MR) is 201 cm³/mol. The smallest absolute Gasteiger partial charge is 0.325 e. The topological polar surface area (TPSA) is 17.3 Å². The summed E-state index contributed by atoms with van der Waals surface area (Å²) in [6.07, 6.45) is 3.93. The molecule has 5 heteroatoms. The molecule has 0 fully saturated rings. The summed E-state index contributed by atoms with van der Waals surface area (Å²) in [5.41, 5.74) is 12.2. The maximum absolute atomic E-state index is 15.3. The zero-order valence-electron chi connectivity index (χ0n) is 29.2. The first-order valence-corrected chi connectivity index (χ1v) is 16.6. The normalized spacial score (nSPS) is 14.3. The highest BCUT2D eigenvalue weighted by molar-refractivity contribution is 6.42. The van der Waals surface area contributed by atoms with Gasteiger partial charge in [0.15, 0.2) is 0 Å². The standard InChI is InChI=1S/C43H43BF2N2/c1-28-9-13-32(14-10-28)38-25-36(30-17-21-34(22-18-30)42(3,4)5)39(47-38)27-41-37(31-19-23-35(24-20-31)43(6,7)8)26-40(48(41)44(45)46)33-15-11-29(2)12-16-33/h9-27H,1-8H3/b39-27-. The average molecular weight is 637 g/mol. The number of aryl methyl sites for hydroxylation is 2. The van der Waals surface area contributed by atoms with Gasteiger partial charge < -0.3 is 4.48 Å². The van der Waals surface area contributed by atoms with Gasteiger partial charge in [0.25, 0.3) is 0 Å². The van der Waals surface area contributed by atoms with Gasteiger partial charge >= 0.3 is 7.40 Å². The molecule has 0 aliphatic carbocycles. The number of hydrogen-bond donors (Lipinski definition) is 0. The molecule has 1 aliphatic rings. The van der Waals surface area contributed by atoms with Crippen molar-refractivity contribution in [2.45, 2.75) is 66.2 Å². The van der Waals surface area contributed by atoms with Crippen LogP contribution in [0.25, 0.3) is 34.0 Å². The number of halogens is 2. The van der Waals surface area contributed by atoms with E-state index >= 15 is 8.63 Å². The molecule has 1 aliphatic heterocycles. The van der Waals surface area contributed by atoms with Gasteiger partial charge in [-0.1, -0.05) is 150 Å². The minimum atomic E-state index is -2.77. The van der Waals surface area contributed by atoms with E-state index in [0.29, 0.717) is 17.1 Å². The molecule has 0 amide bonds. The van der Waals surface area contributed by atoms with Crippen molar-refractivity contribution in [1.29, 1.82) is 0 Å². The van der Waals surface area contributed by atoms with E-state index in [1.807, 2.05) is 55.5 Å². The number of hydrogen-bond acceptors (Lipinski definition) is 1. The fourth-order valence-electron chi connectivity index (χ4n) is 6.15.